The van der Waals surface area contributed by atoms with Crippen molar-refractivity contribution in [2.24, 2.45) is 0 Å². The van der Waals surface area contributed by atoms with Gasteiger partial charge in [-0.25, -0.2) is 0 Å². The minimum Gasteiger partial charge on any atom is -0.485 e. The second-order valence-corrected chi connectivity index (χ2v) is 5.87. The molecule has 0 spiro atoms. The fourth-order valence-electron chi connectivity index (χ4n) is 2.12. The number of alkyl halides is 1. The first-order chi connectivity index (χ1) is 10.1. The molecule has 2 rings (SSSR count). The number of hydrogen-bond donors (Lipinski definition) is 0. The van der Waals surface area contributed by atoms with Gasteiger partial charge >= 0.3 is 0 Å². The van der Waals surface area contributed by atoms with Crippen LogP contribution in [-0.4, -0.2) is 9.78 Å². The van der Waals surface area contributed by atoms with Crippen LogP contribution in [0.2, 0.25) is 10.0 Å². The van der Waals surface area contributed by atoms with E-state index in [4.69, 9.17) is 27.9 Å². The summed E-state index contributed by atoms with van der Waals surface area (Å²) in [6.45, 7) is 5.18. The molecule has 0 N–H and O–H groups in total. The van der Waals surface area contributed by atoms with Crippen LogP contribution in [0.4, 0.5) is 0 Å². The second-order valence-electron chi connectivity index (χ2n) is 4.53. The highest BCUT2D eigenvalue weighted by Gasteiger charge is 2.16. The van der Waals surface area contributed by atoms with Crippen molar-refractivity contribution in [1.82, 2.24) is 9.78 Å². The number of aromatic nitrogens is 2. The topological polar surface area (TPSA) is 27.1 Å². The summed E-state index contributed by atoms with van der Waals surface area (Å²) in [6, 6.07) is 5.70. The van der Waals surface area contributed by atoms with E-state index < -0.39 is 0 Å². The Kier molecular flexibility index (Phi) is 5.97. The lowest BCUT2D eigenvalue weighted by atomic mass is 10.2. The van der Waals surface area contributed by atoms with E-state index in [-0.39, 0.29) is 0 Å². The summed E-state index contributed by atoms with van der Waals surface area (Å²) < 4.78 is 7.80. The number of nitrogens with zero attached hydrogens (tertiary/aromatic N) is 2. The van der Waals surface area contributed by atoms with Gasteiger partial charge in [0, 0.05) is 17.4 Å². The number of aryl methyl sites for hydroxylation is 2. The van der Waals surface area contributed by atoms with Crippen molar-refractivity contribution in [3.8, 4) is 5.75 Å². The van der Waals surface area contributed by atoms with Gasteiger partial charge in [-0.05, 0) is 19.4 Å². The molecule has 114 valence electrons. The van der Waals surface area contributed by atoms with Gasteiger partial charge in [0.1, 0.15) is 12.4 Å². The Bertz CT molecular complexity index is 628. The summed E-state index contributed by atoms with van der Waals surface area (Å²) in [5.74, 6) is 0.689. The Labute approximate surface area is 143 Å². The van der Waals surface area contributed by atoms with Crippen LogP contribution >= 0.6 is 39.1 Å². The quantitative estimate of drug-likeness (QED) is 0.629. The predicted octanol–water partition coefficient (Wildman–Crippen LogP) is 5.25. The van der Waals surface area contributed by atoms with Crippen LogP contribution in [0.15, 0.2) is 18.2 Å². The highest BCUT2D eigenvalue weighted by Crippen LogP contribution is 2.32. The molecular formula is C15H17BrCl2N2O. The van der Waals surface area contributed by atoms with Gasteiger partial charge in [-0.1, -0.05) is 58.2 Å². The van der Waals surface area contributed by atoms with Gasteiger partial charge in [-0.2, -0.15) is 5.10 Å². The van der Waals surface area contributed by atoms with Gasteiger partial charge in [0.2, 0.25) is 0 Å². The second kappa shape index (κ2) is 7.52. The van der Waals surface area contributed by atoms with Crippen LogP contribution in [0.5, 0.6) is 5.75 Å². The first-order valence-electron chi connectivity index (χ1n) is 6.82. The molecule has 0 unspecified atom stereocenters. The molecular weight excluding hydrogens is 375 g/mol. The van der Waals surface area contributed by atoms with E-state index in [0.29, 0.717) is 27.7 Å². The van der Waals surface area contributed by atoms with E-state index in [2.05, 4.69) is 21.0 Å². The molecule has 0 aliphatic heterocycles. The van der Waals surface area contributed by atoms with Crippen molar-refractivity contribution < 1.29 is 4.74 Å². The summed E-state index contributed by atoms with van der Waals surface area (Å²) in [5, 5.41) is 6.46. The largest absolute Gasteiger partial charge is 0.485 e. The molecule has 0 saturated heterocycles. The number of hydrogen-bond acceptors (Lipinski definition) is 2. The predicted molar refractivity (Wildman–Crippen MR) is 90.7 cm³/mol. The Morgan fingerprint density at radius 1 is 1.29 bits per heavy atom. The Balaban J connectivity index is 2.26. The van der Waals surface area contributed by atoms with Crippen molar-refractivity contribution >= 4 is 39.1 Å². The zero-order chi connectivity index (χ0) is 15.4. The first kappa shape index (κ1) is 16.7. The van der Waals surface area contributed by atoms with Crippen molar-refractivity contribution in [2.75, 3.05) is 0 Å². The smallest absolute Gasteiger partial charge is 0.142 e. The Morgan fingerprint density at radius 2 is 2.05 bits per heavy atom. The summed E-state index contributed by atoms with van der Waals surface area (Å²) in [4.78, 5) is 0. The molecule has 0 saturated carbocycles. The molecule has 1 heterocycles. The molecule has 0 radical (unpaired) electrons. The minimum atomic E-state index is 0.351. The molecule has 0 bridgehead atoms. The molecule has 0 atom stereocenters. The number of para-hydroxylation sites is 1. The summed E-state index contributed by atoms with van der Waals surface area (Å²) in [5.41, 5.74) is 2.80. The van der Waals surface area contributed by atoms with Gasteiger partial charge in [-0.3, -0.25) is 4.68 Å². The lowest BCUT2D eigenvalue weighted by Crippen LogP contribution is -2.07. The van der Waals surface area contributed by atoms with E-state index in [9.17, 15) is 0 Å². The zero-order valence-corrected chi connectivity index (χ0v) is 15.1. The van der Waals surface area contributed by atoms with Gasteiger partial charge < -0.3 is 4.74 Å². The van der Waals surface area contributed by atoms with Crippen LogP contribution in [-0.2, 0) is 24.9 Å². The maximum Gasteiger partial charge on any atom is 0.142 e. The number of rotatable bonds is 6. The number of benzene rings is 1. The molecule has 0 aliphatic carbocycles. The molecule has 3 nitrogen and oxygen atoms in total. The van der Waals surface area contributed by atoms with Gasteiger partial charge in [0.05, 0.1) is 21.4 Å². The van der Waals surface area contributed by atoms with E-state index in [1.165, 1.54) is 0 Å². The van der Waals surface area contributed by atoms with E-state index >= 15 is 0 Å². The SMILES string of the molecule is CCc1nn(CC)c(COc2c(Cl)cccc2CBr)c1Cl. The van der Waals surface area contributed by atoms with Gasteiger partial charge in [0.25, 0.3) is 0 Å². The average Bonchev–Trinajstić information content (AvgIpc) is 2.81. The Hall–Kier alpha value is -0.710. The van der Waals surface area contributed by atoms with Crippen LogP contribution < -0.4 is 4.74 Å². The van der Waals surface area contributed by atoms with E-state index in [1.54, 1.807) is 0 Å². The summed E-state index contributed by atoms with van der Waals surface area (Å²) in [7, 11) is 0. The monoisotopic (exact) mass is 390 g/mol. The molecule has 21 heavy (non-hydrogen) atoms. The van der Waals surface area contributed by atoms with Crippen LogP contribution in [0, 0.1) is 0 Å². The number of halogens is 3. The highest BCUT2D eigenvalue weighted by molar-refractivity contribution is 9.08. The van der Waals surface area contributed by atoms with Crippen LogP contribution in [0.1, 0.15) is 30.8 Å². The van der Waals surface area contributed by atoms with Gasteiger partial charge in [-0.15, -0.1) is 0 Å². The minimum absolute atomic E-state index is 0.351. The van der Waals surface area contributed by atoms with E-state index in [1.807, 2.05) is 36.7 Å². The van der Waals surface area contributed by atoms with Crippen LogP contribution in [0.3, 0.4) is 0 Å². The first-order valence-corrected chi connectivity index (χ1v) is 8.70. The molecule has 6 heteroatoms. The standard InChI is InChI=1S/C15H17BrCl2N2O/c1-3-12-14(18)13(20(4-2)19-12)9-21-15-10(8-16)6-5-7-11(15)17/h5-7H,3-4,8-9H2,1-2H3. The van der Waals surface area contributed by atoms with E-state index in [0.717, 1.165) is 29.9 Å². The van der Waals surface area contributed by atoms with Crippen molar-refractivity contribution in [2.45, 2.75) is 38.8 Å². The third-order valence-electron chi connectivity index (χ3n) is 3.24. The lowest BCUT2D eigenvalue weighted by molar-refractivity contribution is 0.290. The third kappa shape index (κ3) is 3.55. The average molecular weight is 392 g/mol. The molecule has 0 amide bonds. The molecule has 2 aromatic rings. The molecule has 1 aromatic carbocycles. The zero-order valence-electron chi connectivity index (χ0n) is 12.0. The van der Waals surface area contributed by atoms with Crippen molar-refractivity contribution in [3.05, 3.63) is 45.2 Å². The maximum absolute atomic E-state index is 6.38. The van der Waals surface area contributed by atoms with Crippen molar-refractivity contribution in [1.29, 1.82) is 0 Å². The summed E-state index contributed by atoms with van der Waals surface area (Å²) in [6.07, 6.45) is 0.803. The van der Waals surface area contributed by atoms with Crippen LogP contribution in [0.25, 0.3) is 0 Å². The number of ether oxygens (including phenoxy) is 1. The van der Waals surface area contributed by atoms with Crippen molar-refractivity contribution in [3.63, 3.8) is 0 Å². The Morgan fingerprint density at radius 3 is 2.67 bits per heavy atom. The summed E-state index contributed by atoms with van der Waals surface area (Å²) >= 11 is 16.0. The molecule has 0 aliphatic rings. The highest BCUT2D eigenvalue weighted by atomic mass is 79.9. The normalized spacial score (nSPS) is 10.9. The molecule has 1 aromatic heterocycles. The molecule has 0 fully saturated rings. The third-order valence-corrected chi connectivity index (χ3v) is 4.58. The fraction of sp³-hybridized carbons (Fsp3) is 0.400. The fourth-order valence-corrected chi connectivity index (χ4v) is 3.13. The lowest BCUT2D eigenvalue weighted by Gasteiger charge is -2.12. The van der Waals surface area contributed by atoms with Gasteiger partial charge in [0.15, 0.2) is 0 Å². The maximum atomic E-state index is 6.38.